The second-order valence-corrected chi connectivity index (χ2v) is 10.5. The number of piperidine rings is 1. The van der Waals surface area contributed by atoms with Gasteiger partial charge in [-0.15, -0.1) is 10.2 Å². The topological polar surface area (TPSA) is 97.1 Å². The van der Waals surface area contributed by atoms with Crippen molar-refractivity contribution in [1.82, 2.24) is 23.8 Å². The van der Waals surface area contributed by atoms with E-state index in [1.165, 1.54) is 10.4 Å². The van der Waals surface area contributed by atoms with Gasteiger partial charge < -0.3 is 9.64 Å². The van der Waals surface area contributed by atoms with Gasteiger partial charge in [-0.1, -0.05) is 12.1 Å². The van der Waals surface area contributed by atoms with E-state index >= 15 is 0 Å². The lowest BCUT2D eigenvalue weighted by atomic mass is 9.96. The van der Waals surface area contributed by atoms with Crippen LogP contribution in [0.5, 0.6) is 0 Å². The van der Waals surface area contributed by atoms with Gasteiger partial charge in [-0.25, -0.2) is 8.42 Å². The number of aromatic nitrogens is 3. The SMILES string of the molecule is Cc1ccc(S(=O)(=O)N2CCOCC2)cc1C(=O)N1CCC[C@@H](c2nnc3ccccn23)C1. The molecule has 33 heavy (non-hydrogen) atoms. The summed E-state index contributed by atoms with van der Waals surface area (Å²) in [5.74, 6) is 0.772. The Morgan fingerprint density at radius 2 is 1.91 bits per heavy atom. The summed E-state index contributed by atoms with van der Waals surface area (Å²) in [7, 11) is -3.68. The number of sulfonamides is 1. The summed E-state index contributed by atoms with van der Waals surface area (Å²) < 4.78 is 34.9. The maximum atomic E-state index is 13.5. The average molecular weight is 470 g/mol. The normalized spacial score (nSPS) is 20.3. The van der Waals surface area contributed by atoms with Gasteiger partial charge in [-0.2, -0.15) is 4.31 Å². The number of carbonyl (C=O) groups excluding carboxylic acids is 1. The van der Waals surface area contributed by atoms with Crippen LogP contribution in [0.2, 0.25) is 0 Å². The number of carbonyl (C=O) groups is 1. The zero-order chi connectivity index (χ0) is 23.0. The van der Waals surface area contributed by atoms with Crippen molar-refractivity contribution < 1.29 is 17.9 Å². The monoisotopic (exact) mass is 469 g/mol. The number of hydrogen-bond donors (Lipinski definition) is 0. The first kappa shape index (κ1) is 22.0. The van der Waals surface area contributed by atoms with Gasteiger partial charge in [0.25, 0.3) is 5.91 Å². The second kappa shape index (κ2) is 8.85. The van der Waals surface area contributed by atoms with Gasteiger partial charge in [-0.05, 0) is 49.6 Å². The fraction of sp³-hybridized carbons (Fsp3) is 0.435. The Morgan fingerprint density at radius 3 is 2.73 bits per heavy atom. The number of nitrogens with zero attached hydrogens (tertiary/aromatic N) is 5. The number of pyridine rings is 1. The Balaban J connectivity index is 1.40. The van der Waals surface area contributed by atoms with Crippen LogP contribution >= 0.6 is 0 Å². The molecular formula is C23H27N5O4S. The molecule has 0 aliphatic carbocycles. The first-order chi connectivity index (χ1) is 15.9. The second-order valence-electron chi connectivity index (χ2n) is 8.57. The van der Waals surface area contributed by atoms with Crippen molar-refractivity contribution in [3.8, 4) is 0 Å². The van der Waals surface area contributed by atoms with Gasteiger partial charge in [0.05, 0.1) is 18.1 Å². The lowest BCUT2D eigenvalue weighted by Gasteiger charge is -2.32. The largest absolute Gasteiger partial charge is 0.379 e. The van der Waals surface area contributed by atoms with E-state index in [0.29, 0.717) is 45.0 Å². The number of ether oxygens (including phenoxy) is 1. The molecule has 0 bridgehead atoms. The summed E-state index contributed by atoms with van der Waals surface area (Å²) in [6, 6.07) is 10.6. The number of amides is 1. The fourth-order valence-corrected chi connectivity index (χ4v) is 6.04. The molecule has 1 aromatic carbocycles. The highest BCUT2D eigenvalue weighted by Gasteiger charge is 2.31. The molecule has 0 saturated carbocycles. The lowest BCUT2D eigenvalue weighted by molar-refractivity contribution is 0.0702. The van der Waals surface area contributed by atoms with Crippen LogP contribution in [0.25, 0.3) is 5.65 Å². The quantitative estimate of drug-likeness (QED) is 0.580. The minimum atomic E-state index is -3.68. The number of morpholine rings is 1. The molecule has 10 heteroatoms. The van der Waals surface area contributed by atoms with E-state index in [2.05, 4.69) is 10.2 Å². The average Bonchev–Trinajstić information content (AvgIpc) is 3.29. The fourth-order valence-electron chi connectivity index (χ4n) is 4.61. The van der Waals surface area contributed by atoms with Crippen molar-refractivity contribution in [2.45, 2.75) is 30.6 Å². The molecule has 1 amide bonds. The van der Waals surface area contributed by atoms with Crippen molar-refractivity contribution in [1.29, 1.82) is 0 Å². The molecule has 2 fully saturated rings. The summed E-state index contributed by atoms with van der Waals surface area (Å²) in [6.45, 7) is 4.39. The van der Waals surface area contributed by atoms with E-state index in [1.54, 1.807) is 12.1 Å². The summed E-state index contributed by atoms with van der Waals surface area (Å²) >= 11 is 0. The predicted octanol–water partition coefficient (Wildman–Crippen LogP) is 2.08. The van der Waals surface area contributed by atoms with Gasteiger partial charge in [-0.3, -0.25) is 9.20 Å². The number of hydrogen-bond acceptors (Lipinski definition) is 6. The van der Waals surface area contributed by atoms with Crippen molar-refractivity contribution >= 4 is 21.6 Å². The molecule has 0 spiro atoms. The van der Waals surface area contributed by atoms with Crippen LogP contribution in [0.15, 0.2) is 47.5 Å². The molecule has 5 rings (SSSR count). The third-order valence-corrected chi connectivity index (χ3v) is 8.36. The molecular weight excluding hydrogens is 442 g/mol. The molecule has 4 heterocycles. The highest BCUT2D eigenvalue weighted by Crippen LogP contribution is 2.28. The van der Waals surface area contributed by atoms with E-state index in [1.807, 2.05) is 40.6 Å². The van der Waals surface area contributed by atoms with Gasteiger partial charge >= 0.3 is 0 Å². The molecule has 9 nitrogen and oxygen atoms in total. The smallest absolute Gasteiger partial charge is 0.254 e. The van der Waals surface area contributed by atoms with Crippen LogP contribution < -0.4 is 0 Å². The van der Waals surface area contributed by atoms with Crippen LogP contribution in [0.3, 0.4) is 0 Å². The van der Waals surface area contributed by atoms with E-state index in [0.717, 1.165) is 29.9 Å². The Labute approximate surface area is 193 Å². The summed E-state index contributed by atoms with van der Waals surface area (Å²) in [5, 5.41) is 8.63. The van der Waals surface area contributed by atoms with Crippen LogP contribution in [-0.4, -0.2) is 77.5 Å². The Morgan fingerprint density at radius 1 is 1.09 bits per heavy atom. The summed E-state index contributed by atoms with van der Waals surface area (Å²) in [5.41, 5.74) is 1.97. The molecule has 2 saturated heterocycles. The first-order valence-electron chi connectivity index (χ1n) is 11.2. The maximum Gasteiger partial charge on any atom is 0.254 e. The molecule has 0 unspecified atom stereocenters. The van der Waals surface area contributed by atoms with Crippen LogP contribution in [0.1, 0.15) is 40.5 Å². The molecule has 0 radical (unpaired) electrons. The third-order valence-electron chi connectivity index (χ3n) is 6.46. The van der Waals surface area contributed by atoms with Crippen molar-refractivity contribution in [2.24, 2.45) is 0 Å². The van der Waals surface area contributed by atoms with Crippen molar-refractivity contribution in [2.75, 3.05) is 39.4 Å². The lowest BCUT2D eigenvalue weighted by Crippen LogP contribution is -2.41. The predicted molar refractivity (Wildman–Crippen MR) is 122 cm³/mol. The number of fused-ring (bicyclic) bond motifs is 1. The third kappa shape index (κ3) is 4.14. The van der Waals surface area contributed by atoms with E-state index < -0.39 is 10.0 Å². The maximum absolute atomic E-state index is 13.5. The van der Waals surface area contributed by atoms with Crippen LogP contribution in [0, 0.1) is 6.92 Å². The van der Waals surface area contributed by atoms with Gasteiger partial charge in [0, 0.05) is 43.9 Å². The zero-order valence-electron chi connectivity index (χ0n) is 18.6. The highest BCUT2D eigenvalue weighted by atomic mass is 32.2. The molecule has 2 aromatic heterocycles. The highest BCUT2D eigenvalue weighted by molar-refractivity contribution is 7.89. The van der Waals surface area contributed by atoms with Crippen LogP contribution in [-0.2, 0) is 14.8 Å². The van der Waals surface area contributed by atoms with Gasteiger partial charge in [0.15, 0.2) is 5.65 Å². The Hall–Kier alpha value is -2.82. The number of aryl methyl sites for hydroxylation is 1. The van der Waals surface area contributed by atoms with Crippen LogP contribution in [0.4, 0.5) is 0 Å². The minimum Gasteiger partial charge on any atom is -0.379 e. The first-order valence-corrected chi connectivity index (χ1v) is 12.7. The standard InChI is InChI=1S/C23H27N5O4S/c1-17-7-8-19(33(30,31)27-11-13-32-14-12-27)15-20(17)23(29)26-9-4-5-18(16-26)22-25-24-21-6-2-3-10-28(21)22/h2-3,6-8,10,15,18H,4-5,9,11-14,16H2,1H3/t18-/m1/s1. The molecule has 3 aromatic rings. The Kier molecular flexibility index (Phi) is 5.90. The van der Waals surface area contributed by atoms with E-state index in [4.69, 9.17) is 4.74 Å². The van der Waals surface area contributed by atoms with Gasteiger partial charge in [0.2, 0.25) is 10.0 Å². The zero-order valence-corrected chi connectivity index (χ0v) is 19.4. The molecule has 174 valence electrons. The number of likely N-dealkylation sites (tertiary alicyclic amines) is 1. The number of benzene rings is 1. The summed E-state index contributed by atoms with van der Waals surface area (Å²) in [4.78, 5) is 15.5. The number of rotatable bonds is 4. The summed E-state index contributed by atoms with van der Waals surface area (Å²) in [6.07, 6.45) is 3.71. The van der Waals surface area contributed by atoms with Crippen molar-refractivity contribution in [3.05, 3.63) is 59.5 Å². The Bertz CT molecular complexity index is 1280. The molecule has 2 aliphatic rings. The van der Waals surface area contributed by atoms with E-state index in [9.17, 15) is 13.2 Å². The van der Waals surface area contributed by atoms with Crippen molar-refractivity contribution in [3.63, 3.8) is 0 Å². The van der Waals surface area contributed by atoms with E-state index in [-0.39, 0.29) is 16.7 Å². The minimum absolute atomic E-state index is 0.0701. The van der Waals surface area contributed by atoms with Gasteiger partial charge in [0.1, 0.15) is 5.82 Å². The molecule has 0 N–H and O–H groups in total. The molecule has 2 aliphatic heterocycles. The molecule has 1 atom stereocenters.